The summed E-state index contributed by atoms with van der Waals surface area (Å²) in [5, 5.41) is 21.8. The number of aliphatic hydroxyl groups is 2. The van der Waals surface area contributed by atoms with Gasteiger partial charge in [0.2, 0.25) is 0 Å². The topological polar surface area (TPSA) is 57.5 Å². The predicted molar refractivity (Wildman–Crippen MR) is 91.9 cm³/mol. The number of hydrogen-bond donors (Lipinski definition) is 2. The van der Waals surface area contributed by atoms with E-state index in [1.807, 2.05) is 0 Å². The Morgan fingerprint density at radius 1 is 1.29 bits per heavy atom. The maximum Gasteiger partial charge on any atom is 0.155 e. The van der Waals surface area contributed by atoms with Crippen molar-refractivity contribution in [2.45, 2.75) is 70.0 Å². The van der Waals surface area contributed by atoms with Crippen LogP contribution in [0.5, 0.6) is 0 Å². The fourth-order valence-electron chi connectivity index (χ4n) is 6.96. The van der Waals surface area contributed by atoms with Crippen LogP contribution in [0.15, 0.2) is 11.6 Å². The van der Waals surface area contributed by atoms with E-state index in [9.17, 15) is 15.0 Å². The number of rotatable bonds is 1. The minimum absolute atomic E-state index is 0.167. The molecular weight excluding hydrogens is 300 g/mol. The van der Waals surface area contributed by atoms with Crippen LogP contribution in [0.2, 0.25) is 0 Å². The molecule has 3 saturated carbocycles. The lowest BCUT2D eigenvalue weighted by molar-refractivity contribution is -0.119. The highest BCUT2D eigenvalue weighted by Crippen LogP contribution is 2.66. The van der Waals surface area contributed by atoms with E-state index in [4.69, 9.17) is 6.42 Å². The van der Waals surface area contributed by atoms with Crippen molar-refractivity contribution in [3.8, 4) is 12.3 Å². The molecule has 0 bridgehead atoms. The third kappa shape index (κ3) is 1.96. The molecule has 0 saturated heterocycles. The molecular formula is C21H28O3. The molecule has 4 rings (SSSR count). The van der Waals surface area contributed by atoms with Crippen LogP contribution in [0, 0.1) is 41.4 Å². The van der Waals surface area contributed by atoms with E-state index >= 15 is 0 Å². The van der Waals surface area contributed by atoms with Gasteiger partial charge in [-0.1, -0.05) is 12.8 Å². The quantitative estimate of drug-likeness (QED) is 0.728. The predicted octanol–water partition coefficient (Wildman–Crippen LogP) is 2.85. The molecule has 0 aromatic rings. The Morgan fingerprint density at radius 3 is 2.79 bits per heavy atom. The number of fused-ring (bicyclic) bond motifs is 5. The first-order valence-electron chi connectivity index (χ1n) is 9.58. The standard InChI is InChI=1S/C21H28O3/c1-3-20-9-7-15-14-6-5-13(22)11-17(14)19(23)12-16(15)18(20)8-10-21(20,24)4-2/h2,11,14-16,18-19,23-24H,3,5-10,12H2,1H3/t14-,15-,16-,18+,19?,20+,21+/m1/s1. The highest BCUT2D eigenvalue weighted by Gasteiger charge is 2.64. The summed E-state index contributed by atoms with van der Waals surface area (Å²) in [6.07, 6.45) is 13.8. The van der Waals surface area contributed by atoms with E-state index < -0.39 is 11.7 Å². The lowest BCUT2D eigenvalue weighted by Crippen LogP contribution is -2.55. The fourth-order valence-corrected chi connectivity index (χ4v) is 6.96. The maximum atomic E-state index is 11.8. The monoisotopic (exact) mass is 328 g/mol. The smallest absolute Gasteiger partial charge is 0.155 e. The van der Waals surface area contributed by atoms with Crippen molar-refractivity contribution in [1.82, 2.24) is 0 Å². The van der Waals surface area contributed by atoms with Crippen LogP contribution in [0.25, 0.3) is 0 Å². The number of carbonyl (C=O) groups excluding carboxylic acids is 1. The number of hydrogen-bond acceptors (Lipinski definition) is 3. The van der Waals surface area contributed by atoms with Gasteiger partial charge in [-0.05, 0) is 80.3 Å². The average molecular weight is 328 g/mol. The third-order valence-electron chi connectivity index (χ3n) is 8.07. The van der Waals surface area contributed by atoms with Crippen molar-refractivity contribution in [2.75, 3.05) is 0 Å². The molecule has 3 heteroatoms. The second-order valence-corrected chi connectivity index (χ2v) is 8.53. The molecule has 3 nitrogen and oxygen atoms in total. The summed E-state index contributed by atoms with van der Waals surface area (Å²) in [5.74, 6) is 4.62. The average Bonchev–Trinajstić information content (AvgIpc) is 2.89. The van der Waals surface area contributed by atoms with Gasteiger partial charge in [-0.2, -0.15) is 0 Å². The van der Waals surface area contributed by atoms with Crippen LogP contribution in [0.3, 0.4) is 0 Å². The largest absolute Gasteiger partial charge is 0.389 e. The molecule has 0 aromatic heterocycles. The summed E-state index contributed by atoms with van der Waals surface area (Å²) < 4.78 is 0. The summed E-state index contributed by atoms with van der Waals surface area (Å²) in [4.78, 5) is 11.8. The minimum atomic E-state index is -0.985. The lowest BCUT2D eigenvalue weighted by atomic mass is 9.49. The van der Waals surface area contributed by atoms with Crippen molar-refractivity contribution >= 4 is 5.78 Å². The molecule has 2 N–H and O–H groups in total. The minimum Gasteiger partial charge on any atom is -0.389 e. The number of aliphatic hydroxyl groups excluding tert-OH is 1. The Labute approximate surface area is 144 Å². The van der Waals surface area contributed by atoms with Gasteiger partial charge in [0.15, 0.2) is 5.78 Å². The second kappa shape index (κ2) is 5.44. The second-order valence-electron chi connectivity index (χ2n) is 8.53. The van der Waals surface area contributed by atoms with Gasteiger partial charge in [-0.25, -0.2) is 0 Å². The van der Waals surface area contributed by atoms with Crippen LogP contribution in [0.4, 0.5) is 0 Å². The van der Waals surface area contributed by atoms with Gasteiger partial charge >= 0.3 is 0 Å². The van der Waals surface area contributed by atoms with Crippen LogP contribution in [-0.4, -0.2) is 27.7 Å². The molecule has 4 aliphatic carbocycles. The zero-order valence-electron chi connectivity index (χ0n) is 14.5. The van der Waals surface area contributed by atoms with Gasteiger partial charge in [0.1, 0.15) is 5.60 Å². The molecule has 0 spiro atoms. The molecule has 0 radical (unpaired) electrons. The first-order chi connectivity index (χ1) is 11.5. The Morgan fingerprint density at radius 2 is 2.08 bits per heavy atom. The molecule has 0 amide bonds. The molecule has 0 aliphatic heterocycles. The molecule has 3 fully saturated rings. The molecule has 1 unspecified atom stereocenters. The highest BCUT2D eigenvalue weighted by atomic mass is 16.3. The van der Waals surface area contributed by atoms with Crippen molar-refractivity contribution in [3.63, 3.8) is 0 Å². The molecule has 130 valence electrons. The molecule has 24 heavy (non-hydrogen) atoms. The van der Waals surface area contributed by atoms with Gasteiger partial charge in [0.25, 0.3) is 0 Å². The van der Waals surface area contributed by atoms with Crippen LogP contribution < -0.4 is 0 Å². The normalized spacial score (nSPS) is 50.3. The summed E-state index contributed by atoms with van der Waals surface area (Å²) in [6, 6.07) is 0. The summed E-state index contributed by atoms with van der Waals surface area (Å²) in [5.41, 5.74) is -0.184. The zero-order valence-corrected chi connectivity index (χ0v) is 14.5. The Hall–Kier alpha value is -1.11. The van der Waals surface area contributed by atoms with Gasteiger partial charge in [-0.3, -0.25) is 4.79 Å². The van der Waals surface area contributed by atoms with E-state index in [1.54, 1.807) is 6.08 Å². The Balaban J connectivity index is 1.71. The summed E-state index contributed by atoms with van der Waals surface area (Å²) in [6.45, 7) is 2.16. The van der Waals surface area contributed by atoms with Crippen molar-refractivity contribution in [2.24, 2.45) is 29.1 Å². The van der Waals surface area contributed by atoms with E-state index in [2.05, 4.69) is 12.8 Å². The SMILES string of the molecule is C#C[C@]1(O)CC[C@H]2[C@@H]3CC(O)C4=CC(=O)CC[C@@H]4[C@H]3CC[C@@]21CC. The van der Waals surface area contributed by atoms with Crippen molar-refractivity contribution in [1.29, 1.82) is 0 Å². The van der Waals surface area contributed by atoms with Crippen LogP contribution in [-0.2, 0) is 4.79 Å². The molecule has 4 aliphatic rings. The number of ketones is 1. The van der Waals surface area contributed by atoms with E-state index in [-0.39, 0.29) is 11.2 Å². The highest BCUT2D eigenvalue weighted by molar-refractivity contribution is 5.91. The first kappa shape index (κ1) is 16.4. The summed E-state index contributed by atoms with van der Waals surface area (Å²) in [7, 11) is 0. The number of terminal acetylenes is 1. The Bertz CT molecular complexity index is 629. The van der Waals surface area contributed by atoms with Crippen molar-refractivity contribution in [3.05, 3.63) is 11.6 Å². The van der Waals surface area contributed by atoms with E-state index in [1.165, 1.54) is 0 Å². The van der Waals surface area contributed by atoms with E-state index in [0.29, 0.717) is 36.5 Å². The number of carbonyl (C=O) groups is 1. The molecule has 0 heterocycles. The Kier molecular flexibility index (Phi) is 3.71. The van der Waals surface area contributed by atoms with Gasteiger partial charge in [-0.15, -0.1) is 6.42 Å². The molecule has 0 aromatic carbocycles. The fraction of sp³-hybridized carbons (Fsp3) is 0.762. The molecule has 7 atom stereocenters. The third-order valence-corrected chi connectivity index (χ3v) is 8.07. The van der Waals surface area contributed by atoms with Crippen molar-refractivity contribution < 1.29 is 15.0 Å². The first-order valence-corrected chi connectivity index (χ1v) is 9.58. The van der Waals surface area contributed by atoms with E-state index in [0.717, 1.165) is 44.1 Å². The van der Waals surface area contributed by atoms with Gasteiger partial charge in [0, 0.05) is 11.8 Å². The zero-order chi connectivity index (χ0) is 17.1. The van der Waals surface area contributed by atoms with Gasteiger partial charge in [0.05, 0.1) is 6.10 Å². The van der Waals surface area contributed by atoms with Crippen LogP contribution in [0.1, 0.15) is 58.3 Å². The maximum absolute atomic E-state index is 11.8. The van der Waals surface area contributed by atoms with Crippen LogP contribution >= 0.6 is 0 Å². The summed E-state index contributed by atoms with van der Waals surface area (Å²) >= 11 is 0. The van der Waals surface area contributed by atoms with Gasteiger partial charge < -0.3 is 10.2 Å². The lowest BCUT2D eigenvalue weighted by Gasteiger charge is -2.56.